The summed E-state index contributed by atoms with van der Waals surface area (Å²) in [6.07, 6.45) is -0.743. The first-order valence-electron chi connectivity index (χ1n) is 23.0. The Hall–Kier alpha value is -7.26. The summed E-state index contributed by atoms with van der Waals surface area (Å²) in [5, 5.41) is 17.3. The summed E-state index contributed by atoms with van der Waals surface area (Å²) in [6, 6.07) is 44.1. The summed E-state index contributed by atoms with van der Waals surface area (Å²) >= 11 is 0. The Kier molecular flexibility index (Phi) is 14.3. The number of fused-ring (bicyclic) bond motifs is 2. The zero-order valence-electron chi connectivity index (χ0n) is 39.7. The summed E-state index contributed by atoms with van der Waals surface area (Å²) in [5.74, 6) is 0.423. The third-order valence-electron chi connectivity index (χ3n) is 13.7. The maximum atomic E-state index is 15.7. The fourth-order valence-corrected chi connectivity index (χ4v) is 14.0. The number of ether oxygens (including phenoxy) is 4. The molecule has 3 N–H and O–H groups in total. The van der Waals surface area contributed by atoms with Crippen LogP contribution in [-0.4, -0.2) is 82.3 Å². The van der Waals surface area contributed by atoms with Crippen molar-refractivity contribution in [2.75, 3.05) is 50.0 Å². The van der Waals surface area contributed by atoms with Gasteiger partial charge < -0.3 is 44.5 Å². The van der Waals surface area contributed by atoms with Crippen molar-refractivity contribution >= 4 is 54.0 Å². The first-order valence-corrected chi connectivity index (χ1v) is 26.1. The fourth-order valence-electron chi connectivity index (χ4n) is 10.0. The number of rotatable bonds is 17. The van der Waals surface area contributed by atoms with Gasteiger partial charge >= 0.3 is 0 Å². The molecule has 0 aliphatic carbocycles. The van der Waals surface area contributed by atoms with E-state index in [4.69, 9.17) is 18.9 Å². The summed E-state index contributed by atoms with van der Waals surface area (Å²) in [5.41, 5.74) is 3.05. The number of anilines is 3. The van der Waals surface area contributed by atoms with Crippen LogP contribution in [0.2, 0.25) is 18.6 Å². The highest BCUT2D eigenvalue weighted by atomic mass is 28.3. The predicted molar refractivity (Wildman–Crippen MR) is 269 cm³/mol. The van der Waals surface area contributed by atoms with Crippen LogP contribution in [0.4, 0.5) is 17.1 Å². The fraction of sp³-hybridized carbons (Fsp3) is 0.273. The van der Waals surface area contributed by atoms with E-state index in [1.807, 2.05) is 66.7 Å². The van der Waals surface area contributed by atoms with Gasteiger partial charge in [0.1, 0.15) is 17.2 Å². The molecule has 0 aromatic heterocycles. The van der Waals surface area contributed by atoms with E-state index in [0.717, 1.165) is 22.1 Å². The number of nitrogens with one attached hydrogen (secondary N) is 2. The maximum Gasteiger partial charge on any atom is 0.264 e. The quantitative estimate of drug-likeness (QED) is 0.0765. The maximum absolute atomic E-state index is 15.7. The molecule has 4 atom stereocenters. The Morgan fingerprint density at radius 2 is 1.25 bits per heavy atom. The minimum atomic E-state index is -2.68. The molecular weight excluding hydrogens is 889 g/mol. The Labute approximate surface area is 404 Å². The summed E-state index contributed by atoms with van der Waals surface area (Å²) < 4.78 is 23.4. The summed E-state index contributed by atoms with van der Waals surface area (Å²) in [4.78, 5) is 60.6. The Morgan fingerprint density at radius 3 is 1.80 bits per heavy atom. The van der Waals surface area contributed by atoms with Crippen LogP contribution in [0.25, 0.3) is 0 Å². The number of nitrogens with zero attached hydrogens (tertiary/aromatic N) is 2. The molecule has 8 rings (SSSR count). The molecule has 1 fully saturated rings. The second kappa shape index (κ2) is 20.5. The molecule has 1 spiro atoms. The van der Waals surface area contributed by atoms with Crippen LogP contribution >= 0.6 is 0 Å². The molecule has 0 saturated carbocycles. The van der Waals surface area contributed by atoms with Gasteiger partial charge in [-0.15, -0.1) is 0 Å². The first kappa shape index (κ1) is 48.2. The van der Waals surface area contributed by atoms with Crippen molar-refractivity contribution < 1.29 is 43.2 Å². The molecular formula is C55H58N4O9Si. The van der Waals surface area contributed by atoms with Crippen molar-refractivity contribution in [2.24, 2.45) is 5.92 Å². The largest absolute Gasteiger partial charge is 0.497 e. The lowest BCUT2D eigenvalue weighted by Crippen LogP contribution is -2.52. The molecule has 2 heterocycles. The molecule has 0 bridgehead atoms. The van der Waals surface area contributed by atoms with Gasteiger partial charge in [0, 0.05) is 47.1 Å². The van der Waals surface area contributed by atoms with Crippen LogP contribution in [0, 0.1) is 5.92 Å². The van der Waals surface area contributed by atoms with Gasteiger partial charge in [-0.3, -0.25) is 19.2 Å². The zero-order chi connectivity index (χ0) is 48.9. The van der Waals surface area contributed by atoms with E-state index in [2.05, 4.69) is 42.8 Å². The average molecular weight is 947 g/mol. The second-order valence-electron chi connectivity index (χ2n) is 18.1. The third-order valence-corrected chi connectivity index (χ3v) is 18.0. The third kappa shape index (κ3) is 9.87. The van der Waals surface area contributed by atoms with Crippen molar-refractivity contribution in [3.05, 3.63) is 173 Å². The molecule has 6 aromatic rings. The number of aliphatic hydroxyl groups excluding tert-OH is 1. The van der Waals surface area contributed by atoms with Gasteiger partial charge in [0.25, 0.3) is 17.7 Å². The standard InChI is InChI=1S/C55H58N4O9Si/c1-36-51(69(5,6)46-27-25-45(67-4)26-28-46)49(33-50(61)58(30-31-60)34-37-10-8-7-9-11-37)68-55(36)47-32-42(57-53(63)40-16-23-44(66-3)24-17-40)20-29-48(47)59(54(55)64)35-38-12-18-41(19-13-38)56-52(62)39-14-21-43(65-2)22-15-39/h7-29,32,36,49,51,60H,30-31,33-35H2,1-6H3,(H,56,62)(H,57,63)/t36-,49+,51-,55+/m1/s1. The second-order valence-corrected chi connectivity index (χ2v) is 22.8. The highest BCUT2D eigenvalue weighted by molar-refractivity contribution is 6.91. The van der Waals surface area contributed by atoms with Gasteiger partial charge in [-0.05, 0) is 108 Å². The van der Waals surface area contributed by atoms with Crippen molar-refractivity contribution in [1.82, 2.24) is 4.90 Å². The van der Waals surface area contributed by atoms with E-state index in [1.54, 1.807) is 97.9 Å². The molecule has 14 heteroatoms. The lowest BCUT2D eigenvalue weighted by molar-refractivity contribution is -0.150. The Balaban J connectivity index is 1.17. The summed E-state index contributed by atoms with van der Waals surface area (Å²) in [7, 11) is 2.08. The number of aliphatic hydroxyl groups is 1. The smallest absolute Gasteiger partial charge is 0.264 e. The van der Waals surface area contributed by atoms with Crippen LogP contribution < -0.4 is 34.9 Å². The van der Waals surface area contributed by atoms with E-state index in [9.17, 15) is 19.5 Å². The number of benzene rings is 6. The molecule has 13 nitrogen and oxygen atoms in total. The SMILES string of the molecule is COc1ccc(C(=O)Nc2ccc(CN3C(=O)[C@@]4(O[C@@H](CC(=O)N(CCO)Cc5ccccc5)[C@H]([Si](C)(C)c5ccc(OC)cc5)[C@H]4C)c4cc(NC(=O)c5ccc(OC)cc5)ccc43)cc2)cc1. The lowest BCUT2D eigenvalue weighted by atomic mass is 9.82. The molecule has 6 aromatic carbocycles. The topological polar surface area (TPSA) is 156 Å². The number of hydrogen-bond donors (Lipinski definition) is 3. The van der Waals surface area contributed by atoms with Gasteiger partial charge in [0.2, 0.25) is 5.91 Å². The van der Waals surface area contributed by atoms with E-state index >= 15 is 4.79 Å². The zero-order valence-corrected chi connectivity index (χ0v) is 40.7. The van der Waals surface area contributed by atoms with Crippen LogP contribution in [0.1, 0.15) is 50.8 Å². The Bertz CT molecular complexity index is 2790. The molecule has 0 radical (unpaired) electrons. The van der Waals surface area contributed by atoms with Crippen LogP contribution in [0.15, 0.2) is 146 Å². The molecule has 4 amide bonds. The molecule has 1 saturated heterocycles. The van der Waals surface area contributed by atoms with E-state index in [-0.39, 0.29) is 55.3 Å². The van der Waals surface area contributed by atoms with Gasteiger partial charge in [-0.1, -0.05) is 79.8 Å². The van der Waals surface area contributed by atoms with Crippen molar-refractivity contribution in [3.63, 3.8) is 0 Å². The lowest BCUT2D eigenvalue weighted by Gasteiger charge is -2.37. The van der Waals surface area contributed by atoms with E-state index in [0.29, 0.717) is 51.8 Å². The van der Waals surface area contributed by atoms with Crippen LogP contribution in [-0.2, 0) is 33.0 Å². The molecule has 2 aliphatic rings. The van der Waals surface area contributed by atoms with Gasteiger partial charge in [0.15, 0.2) is 5.60 Å². The summed E-state index contributed by atoms with van der Waals surface area (Å²) in [6.45, 7) is 6.94. The predicted octanol–water partition coefficient (Wildman–Crippen LogP) is 8.39. The monoisotopic (exact) mass is 946 g/mol. The highest BCUT2D eigenvalue weighted by Crippen LogP contribution is 2.60. The van der Waals surface area contributed by atoms with E-state index < -0.39 is 25.7 Å². The van der Waals surface area contributed by atoms with Crippen molar-refractivity contribution in [2.45, 2.75) is 56.8 Å². The molecule has 0 unspecified atom stereocenters. The number of methoxy groups -OCH3 is 3. The molecule has 2 aliphatic heterocycles. The minimum absolute atomic E-state index is 0.0314. The Morgan fingerprint density at radius 1 is 0.710 bits per heavy atom. The van der Waals surface area contributed by atoms with E-state index in [1.165, 1.54) is 0 Å². The number of carbonyl (C=O) groups is 4. The number of hydrogen-bond acceptors (Lipinski definition) is 9. The minimum Gasteiger partial charge on any atom is -0.497 e. The van der Waals surface area contributed by atoms with Gasteiger partial charge in [-0.25, -0.2) is 0 Å². The highest BCUT2D eigenvalue weighted by Gasteiger charge is 2.66. The average Bonchev–Trinajstić information content (AvgIpc) is 3.79. The van der Waals surface area contributed by atoms with Gasteiger partial charge in [0.05, 0.1) is 60.8 Å². The van der Waals surface area contributed by atoms with Crippen molar-refractivity contribution in [1.29, 1.82) is 0 Å². The van der Waals surface area contributed by atoms with Gasteiger partial charge in [-0.2, -0.15) is 0 Å². The van der Waals surface area contributed by atoms with Crippen molar-refractivity contribution in [3.8, 4) is 17.2 Å². The number of carbonyl (C=O) groups excluding carboxylic acids is 4. The molecule has 356 valence electrons. The normalized spacial score (nSPS) is 18.4. The number of amides is 4. The van der Waals surface area contributed by atoms with Crippen LogP contribution in [0.3, 0.4) is 0 Å². The van der Waals surface area contributed by atoms with Crippen LogP contribution in [0.5, 0.6) is 17.2 Å². The first-order chi connectivity index (χ1) is 33.3. The molecule has 69 heavy (non-hydrogen) atoms.